The summed E-state index contributed by atoms with van der Waals surface area (Å²) in [7, 11) is 0. The van der Waals surface area contributed by atoms with Crippen LogP contribution in [0.15, 0.2) is 30.9 Å². The predicted octanol–water partition coefficient (Wildman–Crippen LogP) is 2.50. The van der Waals surface area contributed by atoms with Gasteiger partial charge in [0.05, 0.1) is 0 Å². The van der Waals surface area contributed by atoms with E-state index >= 15 is 0 Å². The van der Waals surface area contributed by atoms with Gasteiger partial charge in [-0.25, -0.2) is 4.39 Å². The van der Waals surface area contributed by atoms with Gasteiger partial charge in [-0.1, -0.05) is 6.08 Å². The molecular formula is C11H14FNO. The van der Waals surface area contributed by atoms with E-state index in [0.29, 0.717) is 12.0 Å². The Morgan fingerprint density at radius 1 is 1.57 bits per heavy atom. The maximum Gasteiger partial charge on any atom is 0.123 e. The van der Waals surface area contributed by atoms with Crippen LogP contribution in [-0.2, 0) is 0 Å². The fourth-order valence-electron chi connectivity index (χ4n) is 1.28. The quantitative estimate of drug-likeness (QED) is 0.725. The third-order valence-electron chi connectivity index (χ3n) is 2.07. The van der Waals surface area contributed by atoms with Gasteiger partial charge in [-0.3, -0.25) is 0 Å². The molecule has 3 N–H and O–H groups in total. The summed E-state index contributed by atoms with van der Waals surface area (Å²) in [6, 6.07) is 3.45. The van der Waals surface area contributed by atoms with Crippen molar-refractivity contribution in [2.75, 3.05) is 0 Å². The molecule has 2 nitrogen and oxygen atoms in total. The monoisotopic (exact) mass is 195 g/mol. The molecule has 76 valence electrons. The first-order chi connectivity index (χ1) is 6.65. The Balaban J connectivity index is 2.82. The van der Waals surface area contributed by atoms with Gasteiger partial charge >= 0.3 is 0 Å². The van der Waals surface area contributed by atoms with Gasteiger partial charge < -0.3 is 10.8 Å². The second kappa shape index (κ2) is 4.77. The highest BCUT2D eigenvalue weighted by atomic mass is 19.1. The van der Waals surface area contributed by atoms with E-state index < -0.39 is 0 Å². The standard InChI is InChI=1S/C11H14FNO/c1-2-3-4-10(13)9-7-8(12)5-6-11(9)14/h2,5-7,10,14H,1,3-4,13H2/t10-/m1/s1. The molecule has 0 unspecified atom stereocenters. The lowest BCUT2D eigenvalue weighted by Gasteiger charge is -2.12. The maximum absolute atomic E-state index is 12.8. The average Bonchev–Trinajstić information content (AvgIpc) is 2.18. The summed E-state index contributed by atoms with van der Waals surface area (Å²) in [6.45, 7) is 3.57. The van der Waals surface area contributed by atoms with Crippen LogP contribution in [0.5, 0.6) is 5.75 Å². The van der Waals surface area contributed by atoms with Crippen LogP contribution < -0.4 is 5.73 Å². The molecule has 0 aliphatic heterocycles. The van der Waals surface area contributed by atoms with Crippen molar-refractivity contribution < 1.29 is 9.50 Å². The Labute approximate surface area is 82.9 Å². The molecule has 1 atom stereocenters. The first-order valence-corrected chi connectivity index (χ1v) is 4.50. The van der Waals surface area contributed by atoms with Crippen LogP contribution in [0.1, 0.15) is 24.4 Å². The Morgan fingerprint density at radius 3 is 2.93 bits per heavy atom. The number of rotatable bonds is 4. The number of phenols is 1. The van der Waals surface area contributed by atoms with E-state index in [4.69, 9.17) is 5.73 Å². The molecule has 0 saturated heterocycles. The number of allylic oxidation sites excluding steroid dienone is 1. The Kier molecular flexibility index (Phi) is 3.65. The maximum atomic E-state index is 12.8. The largest absolute Gasteiger partial charge is 0.508 e. The van der Waals surface area contributed by atoms with Gasteiger partial charge in [0.25, 0.3) is 0 Å². The molecule has 0 fully saturated rings. The van der Waals surface area contributed by atoms with Gasteiger partial charge in [0.1, 0.15) is 11.6 Å². The molecule has 0 bridgehead atoms. The first-order valence-electron chi connectivity index (χ1n) is 4.50. The predicted molar refractivity (Wildman–Crippen MR) is 54.4 cm³/mol. The van der Waals surface area contributed by atoms with E-state index in [1.165, 1.54) is 18.2 Å². The normalized spacial score (nSPS) is 12.4. The number of nitrogens with two attached hydrogens (primary N) is 1. The summed E-state index contributed by atoms with van der Waals surface area (Å²) < 4.78 is 12.8. The number of aromatic hydroxyl groups is 1. The molecule has 0 aliphatic carbocycles. The van der Waals surface area contributed by atoms with Crippen LogP contribution in [0.3, 0.4) is 0 Å². The molecule has 0 heterocycles. The molecule has 1 aromatic carbocycles. The van der Waals surface area contributed by atoms with Crippen LogP contribution in [-0.4, -0.2) is 5.11 Å². The third kappa shape index (κ3) is 2.57. The van der Waals surface area contributed by atoms with Crippen molar-refractivity contribution in [1.82, 2.24) is 0 Å². The minimum Gasteiger partial charge on any atom is -0.508 e. The average molecular weight is 195 g/mol. The van der Waals surface area contributed by atoms with Crippen molar-refractivity contribution in [2.45, 2.75) is 18.9 Å². The van der Waals surface area contributed by atoms with Gasteiger partial charge in [-0.05, 0) is 31.0 Å². The molecule has 0 aliphatic rings. The molecule has 1 aromatic rings. The van der Waals surface area contributed by atoms with Crippen molar-refractivity contribution in [2.24, 2.45) is 5.73 Å². The van der Waals surface area contributed by atoms with E-state index in [1.807, 2.05) is 0 Å². The fourth-order valence-corrected chi connectivity index (χ4v) is 1.28. The van der Waals surface area contributed by atoms with Crippen molar-refractivity contribution in [3.05, 3.63) is 42.2 Å². The molecule has 0 saturated carbocycles. The Morgan fingerprint density at radius 2 is 2.29 bits per heavy atom. The zero-order valence-corrected chi connectivity index (χ0v) is 7.91. The minimum absolute atomic E-state index is 0.0444. The van der Waals surface area contributed by atoms with Crippen molar-refractivity contribution >= 4 is 0 Å². The summed E-state index contributed by atoms with van der Waals surface area (Å²) in [5, 5.41) is 9.43. The molecule has 0 aromatic heterocycles. The van der Waals surface area contributed by atoms with Crippen LogP contribution in [0.4, 0.5) is 4.39 Å². The number of hydrogen-bond acceptors (Lipinski definition) is 2. The fraction of sp³-hybridized carbons (Fsp3) is 0.273. The highest BCUT2D eigenvalue weighted by Gasteiger charge is 2.10. The zero-order valence-electron chi connectivity index (χ0n) is 7.91. The highest BCUT2D eigenvalue weighted by molar-refractivity contribution is 5.34. The summed E-state index contributed by atoms with van der Waals surface area (Å²) in [5.41, 5.74) is 6.23. The van der Waals surface area contributed by atoms with Gasteiger partial charge in [0.2, 0.25) is 0 Å². The lowest BCUT2D eigenvalue weighted by Crippen LogP contribution is -2.10. The van der Waals surface area contributed by atoms with Gasteiger partial charge in [-0.15, -0.1) is 6.58 Å². The van der Waals surface area contributed by atoms with Gasteiger partial charge in [-0.2, -0.15) is 0 Å². The topological polar surface area (TPSA) is 46.2 Å². The Bertz CT molecular complexity index is 325. The molecular weight excluding hydrogens is 181 g/mol. The van der Waals surface area contributed by atoms with E-state index in [0.717, 1.165) is 6.42 Å². The van der Waals surface area contributed by atoms with Gasteiger partial charge in [0, 0.05) is 11.6 Å². The zero-order chi connectivity index (χ0) is 10.6. The molecule has 0 spiro atoms. The number of hydrogen-bond donors (Lipinski definition) is 2. The summed E-state index contributed by atoms with van der Waals surface area (Å²) >= 11 is 0. The molecule has 0 amide bonds. The van der Waals surface area contributed by atoms with Crippen LogP contribution in [0.2, 0.25) is 0 Å². The SMILES string of the molecule is C=CCC[C@@H](N)c1cc(F)ccc1O. The summed E-state index contributed by atoms with van der Waals surface area (Å²) in [5.74, 6) is -0.338. The smallest absolute Gasteiger partial charge is 0.123 e. The lowest BCUT2D eigenvalue weighted by molar-refractivity contribution is 0.455. The highest BCUT2D eigenvalue weighted by Crippen LogP contribution is 2.26. The minimum atomic E-state index is -0.383. The number of halogens is 1. The third-order valence-corrected chi connectivity index (χ3v) is 2.07. The van der Waals surface area contributed by atoms with E-state index in [-0.39, 0.29) is 17.6 Å². The van der Waals surface area contributed by atoms with E-state index in [9.17, 15) is 9.50 Å². The molecule has 1 rings (SSSR count). The molecule has 3 heteroatoms. The van der Waals surface area contributed by atoms with Crippen LogP contribution >= 0.6 is 0 Å². The second-order valence-corrected chi connectivity index (χ2v) is 3.18. The van der Waals surface area contributed by atoms with Crippen molar-refractivity contribution in [3.8, 4) is 5.75 Å². The summed E-state index contributed by atoms with van der Waals surface area (Å²) in [6.07, 6.45) is 3.15. The Hall–Kier alpha value is -1.35. The van der Waals surface area contributed by atoms with Gasteiger partial charge in [0.15, 0.2) is 0 Å². The summed E-state index contributed by atoms with van der Waals surface area (Å²) in [4.78, 5) is 0. The lowest BCUT2D eigenvalue weighted by atomic mass is 10.0. The second-order valence-electron chi connectivity index (χ2n) is 3.18. The van der Waals surface area contributed by atoms with Crippen LogP contribution in [0.25, 0.3) is 0 Å². The molecule has 0 radical (unpaired) electrons. The first kappa shape index (κ1) is 10.7. The van der Waals surface area contributed by atoms with Crippen LogP contribution in [0, 0.1) is 5.82 Å². The van der Waals surface area contributed by atoms with E-state index in [2.05, 4.69) is 6.58 Å². The molecule has 14 heavy (non-hydrogen) atoms. The van der Waals surface area contributed by atoms with E-state index in [1.54, 1.807) is 6.08 Å². The van der Waals surface area contributed by atoms with Crippen molar-refractivity contribution in [1.29, 1.82) is 0 Å². The van der Waals surface area contributed by atoms with Crippen molar-refractivity contribution in [3.63, 3.8) is 0 Å². The number of phenolic OH excluding ortho intramolecular Hbond substituents is 1. The number of benzene rings is 1.